The van der Waals surface area contributed by atoms with E-state index in [1.54, 1.807) is 12.4 Å². The highest BCUT2D eigenvalue weighted by molar-refractivity contribution is 5.94. The molecule has 2 saturated heterocycles. The molecule has 0 radical (unpaired) electrons. The van der Waals surface area contributed by atoms with E-state index in [-0.39, 0.29) is 11.3 Å². The standard InChI is InChI=1S/C19H25N5O/c1-19(2,3)17-12-23(22-21-17)16-9-14-6-7-15(10-16)24(14)18(25)13-5-4-8-20-11-13/h4-5,8,11-12,14-16H,6-7,9-10H2,1-3H3. The number of amides is 1. The minimum atomic E-state index is 0.00814. The Morgan fingerprint density at radius 2 is 1.88 bits per heavy atom. The smallest absolute Gasteiger partial charge is 0.255 e. The topological polar surface area (TPSA) is 63.9 Å². The molecule has 0 spiro atoms. The molecule has 2 aromatic heterocycles. The monoisotopic (exact) mass is 339 g/mol. The average molecular weight is 339 g/mol. The second-order valence-electron chi connectivity index (χ2n) is 8.30. The number of hydrogen-bond acceptors (Lipinski definition) is 4. The highest BCUT2D eigenvalue weighted by Crippen LogP contribution is 2.41. The van der Waals surface area contributed by atoms with E-state index in [1.807, 2.05) is 16.8 Å². The molecule has 0 aromatic carbocycles. The van der Waals surface area contributed by atoms with E-state index >= 15 is 0 Å². The first-order valence-electron chi connectivity index (χ1n) is 9.08. The molecule has 4 heterocycles. The van der Waals surface area contributed by atoms with Crippen LogP contribution in [0.15, 0.2) is 30.7 Å². The Balaban J connectivity index is 1.52. The van der Waals surface area contributed by atoms with Crippen molar-refractivity contribution in [2.45, 2.75) is 70.0 Å². The van der Waals surface area contributed by atoms with Crippen LogP contribution in [0.4, 0.5) is 0 Å². The van der Waals surface area contributed by atoms with E-state index in [0.29, 0.717) is 23.7 Å². The molecule has 25 heavy (non-hydrogen) atoms. The maximum Gasteiger partial charge on any atom is 0.255 e. The maximum absolute atomic E-state index is 12.9. The Bertz CT molecular complexity index is 750. The van der Waals surface area contributed by atoms with Crippen molar-refractivity contribution in [3.8, 4) is 0 Å². The first kappa shape index (κ1) is 16.2. The zero-order valence-corrected chi connectivity index (χ0v) is 15.1. The predicted molar refractivity (Wildman–Crippen MR) is 94.2 cm³/mol. The number of piperidine rings is 1. The lowest BCUT2D eigenvalue weighted by Crippen LogP contribution is -2.47. The Kier molecular flexibility index (Phi) is 3.85. The fourth-order valence-corrected chi connectivity index (χ4v) is 4.13. The first-order valence-corrected chi connectivity index (χ1v) is 9.08. The number of nitrogens with zero attached hydrogens (tertiary/aromatic N) is 5. The molecule has 6 nitrogen and oxygen atoms in total. The molecule has 132 valence electrons. The van der Waals surface area contributed by atoms with Crippen LogP contribution >= 0.6 is 0 Å². The molecule has 6 heteroatoms. The summed E-state index contributed by atoms with van der Waals surface area (Å²) in [6.07, 6.45) is 9.52. The second-order valence-corrected chi connectivity index (χ2v) is 8.30. The fourth-order valence-electron chi connectivity index (χ4n) is 4.13. The molecule has 1 amide bonds. The number of fused-ring (bicyclic) bond motifs is 2. The third kappa shape index (κ3) is 2.94. The Morgan fingerprint density at radius 3 is 2.44 bits per heavy atom. The summed E-state index contributed by atoms with van der Waals surface area (Å²) >= 11 is 0. The predicted octanol–water partition coefficient (Wildman–Crippen LogP) is 2.98. The number of rotatable bonds is 2. The maximum atomic E-state index is 12.9. The summed E-state index contributed by atoms with van der Waals surface area (Å²) in [7, 11) is 0. The van der Waals surface area contributed by atoms with Crippen molar-refractivity contribution in [3.63, 3.8) is 0 Å². The third-order valence-corrected chi connectivity index (χ3v) is 5.50. The zero-order chi connectivity index (χ0) is 17.6. The first-order chi connectivity index (χ1) is 11.9. The molecule has 2 atom stereocenters. The van der Waals surface area contributed by atoms with Gasteiger partial charge in [-0.25, -0.2) is 4.68 Å². The van der Waals surface area contributed by atoms with Gasteiger partial charge in [0, 0.05) is 36.1 Å². The molecule has 4 rings (SSSR count). The molecule has 2 aliphatic heterocycles. The van der Waals surface area contributed by atoms with Crippen molar-refractivity contribution in [2.75, 3.05) is 0 Å². The van der Waals surface area contributed by atoms with Crippen LogP contribution in [0.1, 0.15) is 68.5 Å². The molecule has 2 aromatic rings. The normalized spacial score (nSPS) is 26.0. The van der Waals surface area contributed by atoms with Crippen molar-refractivity contribution >= 4 is 5.91 Å². The fraction of sp³-hybridized carbons (Fsp3) is 0.579. The lowest BCUT2D eigenvalue weighted by molar-refractivity contribution is 0.0522. The van der Waals surface area contributed by atoms with Crippen LogP contribution in [0.25, 0.3) is 0 Å². The number of aromatic nitrogens is 4. The Labute approximate surface area is 148 Å². The number of carbonyl (C=O) groups is 1. The van der Waals surface area contributed by atoms with Crippen molar-refractivity contribution in [2.24, 2.45) is 0 Å². The van der Waals surface area contributed by atoms with E-state index in [9.17, 15) is 4.79 Å². The summed E-state index contributed by atoms with van der Waals surface area (Å²) in [6, 6.07) is 4.59. The van der Waals surface area contributed by atoms with Gasteiger partial charge in [-0.2, -0.15) is 0 Å². The highest BCUT2D eigenvalue weighted by Gasteiger charge is 2.44. The van der Waals surface area contributed by atoms with Crippen molar-refractivity contribution in [1.82, 2.24) is 24.9 Å². The van der Waals surface area contributed by atoms with Gasteiger partial charge in [0.1, 0.15) is 0 Å². The van der Waals surface area contributed by atoms with Gasteiger partial charge >= 0.3 is 0 Å². The highest BCUT2D eigenvalue weighted by atomic mass is 16.2. The van der Waals surface area contributed by atoms with Gasteiger partial charge < -0.3 is 4.90 Å². The van der Waals surface area contributed by atoms with Crippen LogP contribution in [0, 0.1) is 0 Å². The van der Waals surface area contributed by atoms with Crippen LogP contribution in [-0.4, -0.2) is 42.9 Å². The Morgan fingerprint density at radius 1 is 1.16 bits per heavy atom. The molecule has 2 fully saturated rings. The Hall–Kier alpha value is -2.24. The summed E-state index contributed by atoms with van der Waals surface area (Å²) in [5.74, 6) is 0.119. The second kappa shape index (κ2) is 5.93. The lowest BCUT2D eigenvalue weighted by atomic mass is 9.93. The van der Waals surface area contributed by atoms with Crippen molar-refractivity contribution in [3.05, 3.63) is 42.0 Å². The summed E-state index contributed by atoms with van der Waals surface area (Å²) in [6.45, 7) is 6.46. The molecule has 2 bridgehead atoms. The minimum absolute atomic E-state index is 0.00814. The largest absolute Gasteiger partial charge is 0.332 e. The summed E-state index contributed by atoms with van der Waals surface area (Å²) in [5.41, 5.74) is 1.72. The van der Waals surface area contributed by atoms with Crippen LogP contribution in [0.3, 0.4) is 0 Å². The van der Waals surface area contributed by atoms with Crippen LogP contribution in [0.2, 0.25) is 0 Å². The SMILES string of the molecule is CC(C)(C)c1cn(C2CC3CCC(C2)N3C(=O)c2cccnc2)nn1. The molecule has 2 unspecified atom stereocenters. The summed E-state index contributed by atoms with van der Waals surface area (Å²) < 4.78 is 2.03. The van der Waals surface area contributed by atoms with Crippen molar-refractivity contribution in [1.29, 1.82) is 0 Å². The number of pyridine rings is 1. The number of hydrogen-bond donors (Lipinski definition) is 0. The third-order valence-electron chi connectivity index (χ3n) is 5.50. The summed E-state index contributed by atoms with van der Waals surface area (Å²) in [4.78, 5) is 19.1. The van der Waals surface area contributed by atoms with Crippen molar-refractivity contribution < 1.29 is 4.79 Å². The van der Waals surface area contributed by atoms with E-state index in [4.69, 9.17) is 0 Å². The van der Waals surface area contributed by atoms with Crippen LogP contribution in [0.5, 0.6) is 0 Å². The molecule has 0 saturated carbocycles. The van der Waals surface area contributed by atoms with Crippen LogP contribution < -0.4 is 0 Å². The summed E-state index contributed by atoms with van der Waals surface area (Å²) in [5, 5.41) is 8.74. The van der Waals surface area contributed by atoms with Gasteiger partial charge in [0.25, 0.3) is 5.91 Å². The quantitative estimate of drug-likeness (QED) is 0.844. The molecule has 0 aliphatic carbocycles. The average Bonchev–Trinajstić information content (AvgIpc) is 3.18. The van der Waals surface area contributed by atoms with Crippen LogP contribution in [-0.2, 0) is 5.41 Å². The number of carbonyl (C=O) groups excluding carboxylic acids is 1. The van der Waals surface area contributed by atoms with Gasteiger partial charge in [-0.1, -0.05) is 26.0 Å². The molecule has 0 N–H and O–H groups in total. The van der Waals surface area contributed by atoms with Gasteiger partial charge in [0.15, 0.2) is 0 Å². The lowest BCUT2D eigenvalue weighted by Gasteiger charge is -2.38. The van der Waals surface area contributed by atoms with E-state index in [0.717, 1.165) is 31.4 Å². The van der Waals surface area contributed by atoms with Gasteiger partial charge in [-0.15, -0.1) is 5.10 Å². The van der Waals surface area contributed by atoms with Gasteiger partial charge in [-0.3, -0.25) is 9.78 Å². The van der Waals surface area contributed by atoms with E-state index in [1.165, 1.54) is 0 Å². The van der Waals surface area contributed by atoms with Gasteiger partial charge in [0.2, 0.25) is 0 Å². The van der Waals surface area contributed by atoms with E-state index in [2.05, 4.69) is 47.2 Å². The minimum Gasteiger partial charge on any atom is -0.332 e. The van der Waals surface area contributed by atoms with Gasteiger partial charge in [-0.05, 0) is 37.8 Å². The zero-order valence-electron chi connectivity index (χ0n) is 15.1. The van der Waals surface area contributed by atoms with E-state index < -0.39 is 0 Å². The molecular weight excluding hydrogens is 314 g/mol. The van der Waals surface area contributed by atoms with Gasteiger partial charge in [0.05, 0.1) is 17.3 Å². The molecular formula is C19H25N5O. The molecule has 2 aliphatic rings.